The van der Waals surface area contributed by atoms with Crippen molar-refractivity contribution in [2.75, 3.05) is 26.3 Å². The molecule has 2 rings (SSSR count). The molecular formula is C17H25NO3. The first-order valence-electron chi connectivity index (χ1n) is 7.67. The van der Waals surface area contributed by atoms with Crippen molar-refractivity contribution < 1.29 is 14.6 Å². The molecule has 1 amide bonds. The van der Waals surface area contributed by atoms with E-state index in [0.29, 0.717) is 13.1 Å². The SMILES string of the molecule is CCC1(CO)CCN(C(=O)COc2cccc(C)c2)CC1. The molecule has 0 unspecified atom stereocenters. The molecule has 1 fully saturated rings. The monoisotopic (exact) mass is 291 g/mol. The van der Waals surface area contributed by atoms with E-state index in [-0.39, 0.29) is 24.5 Å². The number of ether oxygens (including phenoxy) is 1. The molecule has 1 aliphatic rings. The van der Waals surface area contributed by atoms with Crippen LogP contribution in [0.5, 0.6) is 5.75 Å². The number of aliphatic hydroxyl groups excluding tert-OH is 1. The fraction of sp³-hybridized carbons (Fsp3) is 0.588. The van der Waals surface area contributed by atoms with E-state index in [1.54, 1.807) is 0 Å². The summed E-state index contributed by atoms with van der Waals surface area (Å²) in [6, 6.07) is 7.72. The van der Waals surface area contributed by atoms with Crippen LogP contribution in [0.4, 0.5) is 0 Å². The van der Waals surface area contributed by atoms with Crippen LogP contribution in [0.25, 0.3) is 0 Å². The molecule has 4 heteroatoms. The van der Waals surface area contributed by atoms with E-state index in [4.69, 9.17) is 4.74 Å². The normalized spacial score (nSPS) is 17.6. The second kappa shape index (κ2) is 6.94. The second-order valence-corrected chi connectivity index (χ2v) is 6.00. The number of aryl methyl sites for hydroxylation is 1. The quantitative estimate of drug-likeness (QED) is 0.906. The van der Waals surface area contributed by atoms with Crippen LogP contribution in [-0.4, -0.2) is 42.2 Å². The van der Waals surface area contributed by atoms with Crippen LogP contribution in [0.3, 0.4) is 0 Å². The van der Waals surface area contributed by atoms with Gasteiger partial charge in [-0.25, -0.2) is 0 Å². The highest BCUT2D eigenvalue weighted by Gasteiger charge is 2.33. The van der Waals surface area contributed by atoms with Gasteiger partial charge in [-0.3, -0.25) is 4.79 Å². The average Bonchev–Trinajstić information content (AvgIpc) is 2.53. The summed E-state index contributed by atoms with van der Waals surface area (Å²) >= 11 is 0. The Kier molecular flexibility index (Phi) is 5.23. The van der Waals surface area contributed by atoms with E-state index in [9.17, 15) is 9.90 Å². The van der Waals surface area contributed by atoms with Gasteiger partial charge in [0.15, 0.2) is 6.61 Å². The number of rotatable bonds is 5. The van der Waals surface area contributed by atoms with E-state index in [0.717, 1.165) is 30.6 Å². The summed E-state index contributed by atoms with van der Waals surface area (Å²) in [7, 11) is 0. The van der Waals surface area contributed by atoms with Crippen molar-refractivity contribution >= 4 is 5.91 Å². The molecule has 21 heavy (non-hydrogen) atoms. The largest absolute Gasteiger partial charge is 0.484 e. The minimum absolute atomic E-state index is 0.00811. The fourth-order valence-electron chi connectivity index (χ4n) is 2.80. The van der Waals surface area contributed by atoms with Gasteiger partial charge in [0.25, 0.3) is 5.91 Å². The molecule has 1 aromatic rings. The Bertz CT molecular complexity index is 473. The lowest BCUT2D eigenvalue weighted by atomic mass is 9.77. The Hall–Kier alpha value is -1.55. The second-order valence-electron chi connectivity index (χ2n) is 6.00. The van der Waals surface area contributed by atoms with Crippen molar-refractivity contribution in [1.29, 1.82) is 0 Å². The molecule has 1 aromatic carbocycles. The predicted octanol–water partition coefficient (Wildman–Crippen LogP) is 2.38. The summed E-state index contributed by atoms with van der Waals surface area (Å²) in [4.78, 5) is 14.0. The smallest absolute Gasteiger partial charge is 0.260 e. The Morgan fingerprint density at radius 3 is 2.67 bits per heavy atom. The first kappa shape index (κ1) is 15.8. The van der Waals surface area contributed by atoms with Crippen LogP contribution in [0.15, 0.2) is 24.3 Å². The molecule has 4 nitrogen and oxygen atoms in total. The number of carbonyl (C=O) groups excluding carboxylic acids is 1. The number of piperidine rings is 1. The molecule has 1 saturated heterocycles. The molecule has 0 bridgehead atoms. The maximum Gasteiger partial charge on any atom is 0.260 e. The molecule has 0 spiro atoms. The third-order valence-corrected chi connectivity index (χ3v) is 4.61. The number of carbonyl (C=O) groups is 1. The van der Waals surface area contributed by atoms with Crippen LogP contribution < -0.4 is 4.74 Å². The van der Waals surface area contributed by atoms with Crippen molar-refractivity contribution in [1.82, 2.24) is 4.90 Å². The summed E-state index contributed by atoms with van der Waals surface area (Å²) in [6.45, 7) is 5.83. The third-order valence-electron chi connectivity index (χ3n) is 4.61. The first-order chi connectivity index (χ1) is 10.1. The Labute approximate surface area is 126 Å². The molecule has 116 valence electrons. The highest BCUT2D eigenvalue weighted by Crippen LogP contribution is 2.34. The van der Waals surface area contributed by atoms with Gasteiger partial charge in [-0.1, -0.05) is 19.1 Å². The summed E-state index contributed by atoms with van der Waals surface area (Å²) in [6.07, 6.45) is 2.71. The van der Waals surface area contributed by atoms with Gasteiger partial charge in [0.1, 0.15) is 5.75 Å². The molecule has 1 aliphatic heterocycles. The highest BCUT2D eigenvalue weighted by molar-refractivity contribution is 5.77. The Morgan fingerprint density at radius 2 is 2.10 bits per heavy atom. The van der Waals surface area contributed by atoms with Crippen molar-refractivity contribution in [2.45, 2.75) is 33.1 Å². The fourth-order valence-corrected chi connectivity index (χ4v) is 2.80. The van der Waals surface area contributed by atoms with Crippen LogP contribution >= 0.6 is 0 Å². The summed E-state index contributed by atoms with van der Waals surface area (Å²) in [5.74, 6) is 0.762. The average molecular weight is 291 g/mol. The number of amides is 1. The van der Waals surface area contributed by atoms with Crippen molar-refractivity contribution in [3.8, 4) is 5.75 Å². The molecule has 1 heterocycles. The Balaban J connectivity index is 1.82. The van der Waals surface area contributed by atoms with E-state index in [2.05, 4.69) is 6.92 Å². The summed E-state index contributed by atoms with van der Waals surface area (Å²) in [5, 5.41) is 9.52. The van der Waals surface area contributed by atoms with Gasteiger partial charge in [0, 0.05) is 19.7 Å². The van der Waals surface area contributed by atoms with Crippen molar-refractivity contribution in [3.63, 3.8) is 0 Å². The number of nitrogens with zero attached hydrogens (tertiary/aromatic N) is 1. The Morgan fingerprint density at radius 1 is 1.38 bits per heavy atom. The lowest BCUT2D eigenvalue weighted by molar-refractivity contribution is -0.136. The molecular weight excluding hydrogens is 266 g/mol. The van der Waals surface area contributed by atoms with Crippen molar-refractivity contribution in [3.05, 3.63) is 29.8 Å². The zero-order valence-corrected chi connectivity index (χ0v) is 13.0. The van der Waals surface area contributed by atoms with Gasteiger partial charge in [0.05, 0.1) is 0 Å². The number of hydrogen-bond donors (Lipinski definition) is 1. The van der Waals surface area contributed by atoms with Crippen LogP contribution in [0.2, 0.25) is 0 Å². The topological polar surface area (TPSA) is 49.8 Å². The maximum absolute atomic E-state index is 12.2. The van der Waals surface area contributed by atoms with E-state index < -0.39 is 0 Å². The van der Waals surface area contributed by atoms with E-state index in [1.807, 2.05) is 36.1 Å². The minimum Gasteiger partial charge on any atom is -0.484 e. The summed E-state index contributed by atoms with van der Waals surface area (Å²) in [5.41, 5.74) is 1.13. The third kappa shape index (κ3) is 3.97. The minimum atomic E-state index is 0.00811. The van der Waals surface area contributed by atoms with Gasteiger partial charge in [-0.15, -0.1) is 0 Å². The van der Waals surface area contributed by atoms with Crippen LogP contribution in [0.1, 0.15) is 31.7 Å². The van der Waals surface area contributed by atoms with Gasteiger partial charge in [0.2, 0.25) is 0 Å². The van der Waals surface area contributed by atoms with Gasteiger partial charge < -0.3 is 14.7 Å². The molecule has 0 radical (unpaired) electrons. The number of benzene rings is 1. The first-order valence-corrected chi connectivity index (χ1v) is 7.67. The zero-order chi connectivity index (χ0) is 15.3. The molecule has 0 saturated carbocycles. The number of aliphatic hydroxyl groups is 1. The number of hydrogen-bond acceptors (Lipinski definition) is 3. The van der Waals surface area contributed by atoms with Crippen molar-refractivity contribution in [2.24, 2.45) is 5.41 Å². The maximum atomic E-state index is 12.2. The van der Waals surface area contributed by atoms with Gasteiger partial charge in [-0.05, 0) is 49.3 Å². The molecule has 0 aliphatic carbocycles. The number of likely N-dealkylation sites (tertiary alicyclic amines) is 1. The molecule has 0 aromatic heterocycles. The van der Waals surface area contributed by atoms with Gasteiger partial charge >= 0.3 is 0 Å². The molecule has 0 atom stereocenters. The lowest BCUT2D eigenvalue weighted by Gasteiger charge is -2.40. The highest BCUT2D eigenvalue weighted by atomic mass is 16.5. The standard InChI is InChI=1S/C17H25NO3/c1-3-17(13-19)7-9-18(10-8-17)16(20)12-21-15-6-4-5-14(2)11-15/h4-6,11,19H,3,7-10,12-13H2,1-2H3. The zero-order valence-electron chi connectivity index (χ0n) is 13.0. The molecule has 1 N–H and O–H groups in total. The van der Waals surface area contributed by atoms with Crippen LogP contribution in [0, 0.1) is 12.3 Å². The van der Waals surface area contributed by atoms with Crippen LogP contribution in [-0.2, 0) is 4.79 Å². The summed E-state index contributed by atoms with van der Waals surface area (Å²) < 4.78 is 5.57. The van der Waals surface area contributed by atoms with E-state index >= 15 is 0 Å². The lowest BCUT2D eigenvalue weighted by Crippen LogP contribution is -2.45. The van der Waals surface area contributed by atoms with E-state index in [1.165, 1.54) is 0 Å². The predicted molar refractivity (Wildman–Crippen MR) is 82.3 cm³/mol. The van der Waals surface area contributed by atoms with Gasteiger partial charge in [-0.2, -0.15) is 0 Å².